The van der Waals surface area contributed by atoms with Crippen LogP contribution in [0.2, 0.25) is 0 Å². The Kier molecular flexibility index (Phi) is 3.13. The fraction of sp³-hybridized carbons (Fsp3) is 0.700. The average molecular weight is 211 g/mol. The van der Waals surface area contributed by atoms with Gasteiger partial charge >= 0.3 is 0 Å². The molecular formula is C10H17N3S. The zero-order valence-electron chi connectivity index (χ0n) is 8.52. The van der Waals surface area contributed by atoms with Crippen molar-refractivity contribution in [3.8, 4) is 0 Å². The van der Waals surface area contributed by atoms with Crippen molar-refractivity contribution in [2.24, 2.45) is 5.73 Å². The van der Waals surface area contributed by atoms with Crippen molar-refractivity contribution in [2.45, 2.75) is 36.8 Å². The van der Waals surface area contributed by atoms with Crippen molar-refractivity contribution in [1.82, 2.24) is 9.55 Å². The summed E-state index contributed by atoms with van der Waals surface area (Å²) in [6.45, 7) is 2.92. The highest BCUT2D eigenvalue weighted by Crippen LogP contribution is 2.36. The number of rotatable bonds is 5. The van der Waals surface area contributed by atoms with E-state index in [0.29, 0.717) is 5.25 Å². The summed E-state index contributed by atoms with van der Waals surface area (Å²) in [4.78, 5) is 4.21. The van der Waals surface area contributed by atoms with Gasteiger partial charge in [0.1, 0.15) is 0 Å². The Bertz CT molecular complexity index is 293. The van der Waals surface area contributed by atoms with Crippen LogP contribution in [0, 0.1) is 0 Å². The second-order valence-electron chi connectivity index (χ2n) is 3.88. The number of thioether (sulfide) groups is 1. The molecule has 1 heterocycles. The molecule has 1 unspecified atom stereocenters. The molecule has 0 saturated heterocycles. The number of imidazole rings is 1. The molecule has 0 radical (unpaired) electrons. The average Bonchev–Trinajstić information content (AvgIpc) is 2.94. The Balaban J connectivity index is 1.91. The Morgan fingerprint density at radius 2 is 2.50 bits per heavy atom. The summed E-state index contributed by atoms with van der Waals surface area (Å²) in [7, 11) is 0. The smallest absolute Gasteiger partial charge is 0.0951 e. The zero-order valence-corrected chi connectivity index (χ0v) is 9.33. The minimum absolute atomic E-state index is 0.539. The normalized spacial score (nSPS) is 18.4. The van der Waals surface area contributed by atoms with Crippen molar-refractivity contribution in [2.75, 3.05) is 6.54 Å². The van der Waals surface area contributed by atoms with Gasteiger partial charge in [-0.3, -0.25) is 0 Å². The van der Waals surface area contributed by atoms with E-state index in [2.05, 4.69) is 16.5 Å². The summed E-state index contributed by atoms with van der Waals surface area (Å²) < 4.78 is 2.32. The molecule has 1 fully saturated rings. The predicted molar refractivity (Wildman–Crippen MR) is 60.3 cm³/mol. The van der Waals surface area contributed by atoms with Gasteiger partial charge in [0, 0.05) is 35.5 Å². The third kappa shape index (κ3) is 2.30. The largest absolute Gasteiger partial charge is 0.331 e. The lowest BCUT2D eigenvalue weighted by Gasteiger charge is -2.09. The molecule has 1 aromatic heterocycles. The van der Waals surface area contributed by atoms with E-state index in [-0.39, 0.29) is 0 Å². The van der Waals surface area contributed by atoms with Crippen molar-refractivity contribution < 1.29 is 0 Å². The first kappa shape index (κ1) is 10.1. The summed E-state index contributed by atoms with van der Waals surface area (Å²) in [6, 6.07) is 0.737. The molecule has 2 rings (SSSR count). The molecular weight excluding hydrogens is 194 g/mol. The summed E-state index contributed by atoms with van der Waals surface area (Å²) in [5.74, 6) is 1.04. The molecule has 1 atom stereocenters. The summed E-state index contributed by atoms with van der Waals surface area (Å²) in [6.07, 6.45) is 6.58. The van der Waals surface area contributed by atoms with Gasteiger partial charge in [-0.05, 0) is 12.8 Å². The van der Waals surface area contributed by atoms with Crippen molar-refractivity contribution in [1.29, 1.82) is 0 Å². The first-order valence-electron chi connectivity index (χ1n) is 5.13. The first-order chi connectivity index (χ1) is 6.81. The van der Waals surface area contributed by atoms with Crippen molar-refractivity contribution >= 4 is 11.8 Å². The summed E-state index contributed by atoms with van der Waals surface area (Å²) in [5.41, 5.74) is 6.92. The third-order valence-electron chi connectivity index (χ3n) is 2.53. The van der Waals surface area contributed by atoms with Gasteiger partial charge in [-0.2, -0.15) is 11.8 Å². The fourth-order valence-electron chi connectivity index (χ4n) is 1.42. The summed E-state index contributed by atoms with van der Waals surface area (Å²) in [5, 5.41) is 0.539. The molecule has 3 nitrogen and oxygen atoms in total. The van der Waals surface area contributed by atoms with Crippen LogP contribution in [0.15, 0.2) is 12.5 Å². The molecule has 0 bridgehead atoms. The van der Waals surface area contributed by atoms with E-state index in [4.69, 9.17) is 5.73 Å². The Morgan fingerprint density at radius 3 is 3.14 bits per heavy atom. The minimum atomic E-state index is 0.539. The van der Waals surface area contributed by atoms with Crippen LogP contribution < -0.4 is 5.73 Å². The van der Waals surface area contributed by atoms with E-state index in [1.807, 2.05) is 24.3 Å². The molecule has 1 aliphatic carbocycles. The third-order valence-corrected chi connectivity index (χ3v) is 3.76. The molecule has 4 heteroatoms. The van der Waals surface area contributed by atoms with Crippen LogP contribution in [-0.2, 0) is 5.75 Å². The van der Waals surface area contributed by atoms with Crippen LogP contribution in [0.25, 0.3) is 0 Å². The lowest BCUT2D eigenvalue weighted by atomic mass is 10.5. The number of hydrogen-bond donors (Lipinski definition) is 1. The lowest BCUT2D eigenvalue weighted by molar-refractivity contribution is 0.713. The number of aromatic nitrogens is 2. The van der Waals surface area contributed by atoms with Crippen LogP contribution in [0.1, 0.15) is 31.5 Å². The second kappa shape index (κ2) is 4.36. The molecule has 0 aromatic carbocycles. The molecule has 1 aliphatic rings. The van der Waals surface area contributed by atoms with Crippen LogP contribution in [0.5, 0.6) is 0 Å². The predicted octanol–water partition coefficient (Wildman–Crippen LogP) is 1.80. The molecule has 14 heavy (non-hydrogen) atoms. The highest BCUT2D eigenvalue weighted by molar-refractivity contribution is 7.99. The van der Waals surface area contributed by atoms with Gasteiger partial charge < -0.3 is 10.3 Å². The molecule has 0 aliphatic heterocycles. The number of hydrogen-bond acceptors (Lipinski definition) is 3. The van der Waals surface area contributed by atoms with Gasteiger partial charge in [0.15, 0.2) is 0 Å². The standard InChI is InChI=1S/C10H17N3S/c1-8(4-11)14-6-10-5-12-7-13(10)9-2-3-9/h5,7-9H,2-4,6,11H2,1H3. The van der Waals surface area contributed by atoms with Gasteiger partial charge in [-0.15, -0.1) is 0 Å². The van der Waals surface area contributed by atoms with Crippen LogP contribution in [-0.4, -0.2) is 21.3 Å². The monoisotopic (exact) mass is 211 g/mol. The van der Waals surface area contributed by atoms with E-state index < -0.39 is 0 Å². The van der Waals surface area contributed by atoms with Gasteiger partial charge in [0.2, 0.25) is 0 Å². The van der Waals surface area contributed by atoms with Gasteiger partial charge in [0.05, 0.1) is 6.33 Å². The second-order valence-corrected chi connectivity index (χ2v) is 5.31. The van der Waals surface area contributed by atoms with Crippen molar-refractivity contribution in [3.63, 3.8) is 0 Å². The minimum Gasteiger partial charge on any atom is -0.331 e. The topological polar surface area (TPSA) is 43.8 Å². The van der Waals surface area contributed by atoms with Crippen LogP contribution >= 0.6 is 11.8 Å². The number of nitrogens with two attached hydrogens (primary N) is 1. The highest BCUT2D eigenvalue weighted by Gasteiger charge is 2.25. The SMILES string of the molecule is CC(CN)SCc1cncn1C1CC1. The fourth-order valence-corrected chi connectivity index (χ4v) is 2.24. The molecule has 1 aromatic rings. The highest BCUT2D eigenvalue weighted by atomic mass is 32.2. The van der Waals surface area contributed by atoms with Crippen LogP contribution in [0.3, 0.4) is 0 Å². The lowest BCUT2D eigenvalue weighted by Crippen LogP contribution is -2.13. The van der Waals surface area contributed by atoms with Crippen LogP contribution in [0.4, 0.5) is 0 Å². The van der Waals surface area contributed by atoms with Gasteiger partial charge in [-0.1, -0.05) is 6.92 Å². The van der Waals surface area contributed by atoms with E-state index in [0.717, 1.165) is 18.3 Å². The Morgan fingerprint density at radius 1 is 1.71 bits per heavy atom. The quantitative estimate of drug-likeness (QED) is 0.807. The van der Waals surface area contributed by atoms with E-state index in [1.54, 1.807) is 0 Å². The summed E-state index contributed by atoms with van der Waals surface area (Å²) >= 11 is 1.91. The first-order valence-corrected chi connectivity index (χ1v) is 6.18. The van der Waals surface area contributed by atoms with Gasteiger partial charge in [0.25, 0.3) is 0 Å². The number of nitrogens with zero attached hydrogens (tertiary/aromatic N) is 2. The van der Waals surface area contributed by atoms with E-state index in [9.17, 15) is 0 Å². The molecule has 1 saturated carbocycles. The maximum Gasteiger partial charge on any atom is 0.0951 e. The maximum atomic E-state index is 5.58. The zero-order chi connectivity index (χ0) is 9.97. The maximum absolute atomic E-state index is 5.58. The molecule has 0 amide bonds. The Hall–Kier alpha value is -0.480. The van der Waals surface area contributed by atoms with E-state index >= 15 is 0 Å². The molecule has 2 N–H and O–H groups in total. The molecule has 78 valence electrons. The van der Waals surface area contributed by atoms with Crippen molar-refractivity contribution in [3.05, 3.63) is 18.2 Å². The molecule has 0 spiro atoms. The Labute approximate surface area is 89.1 Å². The van der Waals surface area contributed by atoms with E-state index in [1.165, 1.54) is 18.5 Å². The van der Waals surface area contributed by atoms with Gasteiger partial charge in [-0.25, -0.2) is 4.98 Å².